The Hall–Kier alpha value is -3.31. The fourth-order valence-electron chi connectivity index (χ4n) is 3.76. The van der Waals surface area contributed by atoms with Crippen LogP contribution in [0.2, 0.25) is 0 Å². The van der Waals surface area contributed by atoms with Crippen LogP contribution in [-0.4, -0.2) is 51.0 Å². The summed E-state index contributed by atoms with van der Waals surface area (Å²) in [7, 11) is -2.62. The van der Waals surface area contributed by atoms with Crippen LogP contribution in [0.5, 0.6) is 0 Å². The first kappa shape index (κ1) is 28.3. The van der Waals surface area contributed by atoms with Gasteiger partial charge in [-0.2, -0.15) is 0 Å². The summed E-state index contributed by atoms with van der Waals surface area (Å²) in [5.74, 6) is -3.53. The van der Waals surface area contributed by atoms with Crippen LogP contribution in [-0.2, 0) is 32.6 Å². The molecule has 3 aromatic rings. The molecule has 1 atom stereocenters. The van der Waals surface area contributed by atoms with Gasteiger partial charge >= 0.3 is 0 Å². The van der Waals surface area contributed by atoms with Crippen molar-refractivity contribution in [2.24, 2.45) is 0 Å². The summed E-state index contributed by atoms with van der Waals surface area (Å²) in [5, 5.41) is 2.58. The average Bonchev–Trinajstić information content (AvgIpc) is 2.87. The average molecular weight is 594 g/mol. The topological polar surface area (TPSA) is 86.8 Å². The fourth-order valence-corrected chi connectivity index (χ4v) is 4.87. The number of hydrogen-bond donors (Lipinski definition) is 1. The molecule has 0 spiro atoms. The van der Waals surface area contributed by atoms with Crippen LogP contribution < -0.4 is 9.62 Å². The van der Waals surface area contributed by atoms with Gasteiger partial charge < -0.3 is 10.2 Å². The molecule has 3 rings (SSSR count). The molecular weight excluding hydrogens is 568 g/mol. The van der Waals surface area contributed by atoms with Crippen molar-refractivity contribution in [3.63, 3.8) is 0 Å². The van der Waals surface area contributed by atoms with E-state index in [0.29, 0.717) is 15.9 Å². The molecule has 0 fully saturated rings. The summed E-state index contributed by atoms with van der Waals surface area (Å²) in [6.45, 7) is -0.713. The second kappa shape index (κ2) is 12.3. The monoisotopic (exact) mass is 593 g/mol. The van der Waals surface area contributed by atoms with Crippen molar-refractivity contribution in [1.82, 2.24) is 10.2 Å². The molecule has 37 heavy (non-hydrogen) atoms. The highest BCUT2D eigenvalue weighted by Crippen LogP contribution is 2.22. The van der Waals surface area contributed by atoms with E-state index in [1.54, 1.807) is 24.3 Å². The number of hydrogen-bond acceptors (Lipinski definition) is 4. The summed E-state index contributed by atoms with van der Waals surface area (Å²) in [6.07, 6.45) is 1.04. The van der Waals surface area contributed by atoms with Crippen LogP contribution in [0, 0.1) is 11.6 Å². The van der Waals surface area contributed by atoms with Gasteiger partial charge in [0.15, 0.2) is 11.6 Å². The molecule has 0 aromatic heterocycles. The first-order valence-corrected chi connectivity index (χ1v) is 13.9. The standard InChI is InChI=1S/C26H26BrF2N3O4S/c1-30-26(34)24(14-18-6-4-3-5-7-18)31(16-19-8-10-20(27)11-9-19)25(33)17-32(37(2,35)36)21-12-13-22(28)23(29)15-21/h3-13,15,24H,14,16-17H2,1-2H3,(H,30,34)/t24-/m1/s1. The van der Waals surface area contributed by atoms with Crippen molar-refractivity contribution in [2.45, 2.75) is 19.0 Å². The van der Waals surface area contributed by atoms with Crippen molar-refractivity contribution >= 4 is 43.5 Å². The lowest BCUT2D eigenvalue weighted by atomic mass is 10.0. The van der Waals surface area contributed by atoms with Crippen LogP contribution in [0.3, 0.4) is 0 Å². The van der Waals surface area contributed by atoms with Gasteiger partial charge in [-0.3, -0.25) is 13.9 Å². The predicted molar refractivity (Wildman–Crippen MR) is 141 cm³/mol. The van der Waals surface area contributed by atoms with Crippen LogP contribution in [0.4, 0.5) is 14.5 Å². The van der Waals surface area contributed by atoms with E-state index in [1.165, 1.54) is 11.9 Å². The number of likely N-dealkylation sites (N-methyl/N-ethyl adjacent to an activating group) is 1. The molecule has 0 heterocycles. The third-order valence-corrected chi connectivity index (χ3v) is 7.32. The number of sulfonamides is 1. The number of carbonyl (C=O) groups is 2. The van der Waals surface area contributed by atoms with Gasteiger partial charge in [-0.15, -0.1) is 0 Å². The molecule has 0 bridgehead atoms. The summed E-state index contributed by atoms with van der Waals surface area (Å²) in [6, 6.07) is 17.8. The van der Waals surface area contributed by atoms with E-state index in [0.717, 1.165) is 28.4 Å². The van der Waals surface area contributed by atoms with E-state index in [4.69, 9.17) is 0 Å². The molecule has 2 amide bonds. The molecule has 1 N–H and O–H groups in total. The number of benzene rings is 3. The lowest BCUT2D eigenvalue weighted by Crippen LogP contribution is -2.52. The van der Waals surface area contributed by atoms with E-state index >= 15 is 0 Å². The first-order chi connectivity index (χ1) is 17.5. The second-order valence-corrected chi connectivity index (χ2v) is 11.2. The molecule has 11 heteroatoms. The Morgan fingerprint density at radius 1 is 0.946 bits per heavy atom. The number of anilines is 1. The third-order valence-electron chi connectivity index (χ3n) is 5.65. The van der Waals surface area contributed by atoms with Gasteiger partial charge in [0.05, 0.1) is 11.9 Å². The molecule has 0 unspecified atom stereocenters. The number of carbonyl (C=O) groups excluding carboxylic acids is 2. The normalized spacial score (nSPS) is 12.0. The highest BCUT2D eigenvalue weighted by atomic mass is 79.9. The quantitative estimate of drug-likeness (QED) is 0.386. The largest absolute Gasteiger partial charge is 0.357 e. The van der Waals surface area contributed by atoms with Crippen molar-refractivity contribution in [3.8, 4) is 0 Å². The third kappa shape index (κ3) is 7.59. The van der Waals surface area contributed by atoms with Crippen LogP contribution >= 0.6 is 15.9 Å². The summed E-state index contributed by atoms with van der Waals surface area (Å²) in [4.78, 5) is 28.0. The number of halogens is 3. The minimum atomic E-state index is -4.08. The Balaban J connectivity index is 2.03. The minimum Gasteiger partial charge on any atom is -0.357 e. The fraction of sp³-hybridized carbons (Fsp3) is 0.231. The summed E-state index contributed by atoms with van der Waals surface area (Å²) in [5.41, 5.74) is 1.29. The number of nitrogens with zero attached hydrogens (tertiary/aromatic N) is 2. The van der Waals surface area contributed by atoms with Crippen molar-refractivity contribution in [1.29, 1.82) is 0 Å². The van der Waals surface area contributed by atoms with Gasteiger partial charge in [0.2, 0.25) is 21.8 Å². The highest BCUT2D eigenvalue weighted by Gasteiger charge is 2.32. The maximum absolute atomic E-state index is 13.9. The first-order valence-electron chi connectivity index (χ1n) is 11.2. The van der Waals surface area contributed by atoms with E-state index in [2.05, 4.69) is 21.2 Å². The van der Waals surface area contributed by atoms with Gasteiger partial charge in [0, 0.05) is 30.6 Å². The van der Waals surface area contributed by atoms with E-state index in [-0.39, 0.29) is 18.7 Å². The second-order valence-electron chi connectivity index (χ2n) is 8.34. The van der Waals surface area contributed by atoms with Crippen LogP contribution in [0.25, 0.3) is 0 Å². The molecule has 0 aliphatic carbocycles. The van der Waals surface area contributed by atoms with Crippen LogP contribution in [0.1, 0.15) is 11.1 Å². The molecule has 3 aromatic carbocycles. The zero-order valence-electron chi connectivity index (χ0n) is 20.2. The lowest BCUT2D eigenvalue weighted by Gasteiger charge is -2.33. The van der Waals surface area contributed by atoms with Crippen molar-refractivity contribution < 1.29 is 26.8 Å². The Labute approximate surface area is 223 Å². The Morgan fingerprint density at radius 3 is 2.16 bits per heavy atom. The maximum Gasteiger partial charge on any atom is 0.244 e. The van der Waals surface area contributed by atoms with Gasteiger partial charge in [-0.1, -0.05) is 58.4 Å². The van der Waals surface area contributed by atoms with E-state index in [1.807, 2.05) is 30.3 Å². The van der Waals surface area contributed by atoms with Gasteiger partial charge in [0.1, 0.15) is 12.6 Å². The van der Waals surface area contributed by atoms with Crippen LogP contribution in [0.15, 0.2) is 77.3 Å². The molecule has 0 saturated heterocycles. The molecule has 0 saturated carbocycles. The smallest absolute Gasteiger partial charge is 0.244 e. The minimum absolute atomic E-state index is 0.00636. The lowest BCUT2D eigenvalue weighted by molar-refractivity contribution is -0.139. The van der Waals surface area contributed by atoms with Crippen molar-refractivity contribution in [2.75, 3.05) is 24.2 Å². The summed E-state index contributed by atoms with van der Waals surface area (Å²) < 4.78 is 54.1. The van der Waals surface area contributed by atoms with E-state index in [9.17, 15) is 26.8 Å². The Morgan fingerprint density at radius 2 is 1.59 bits per heavy atom. The zero-order chi connectivity index (χ0) is 27.2. The van der Waals surface area contributed by atoms with Crippen molar-refractivity contribution in [3.05, 3.63) is 100 Å². The summed E-state index contributed by atoms with van der Waals surface area (Å²) >= 11 is 3.36. The number of nitrogens with one attached hydrogen (secondary N) is 1. The van der Waals surface area contributed by atoms with E-state index < -0.39 is 46.1 Å². The molecule has 7 nitrogen and oxygen atoms in total. The number of rotatable bonds is 10. The Bertz CT molecular complexity index is 1360. The maximum atomic E-state index is 13.9. The number of amides is 2. The molecule has 196 valence electrons. The molecule has 0 aliphatic heterocycles. The van der Waals surface area contributed by atoms with Gasteiger partial charge in [-0.25, -0.2) is 17.2 Å². The van der Waals surface area contributed by atoms with Gasteiger partial charge in [-0.05, 0) is 35.4 Å². The zero-order valence-corrected chi connectivity index (χ0v) is 22.6. The molecule has 0 radical (unpaired) electrons. The van der Waals surface area contributed by atoms with Gasteiger partial charge in [0.25, 0.3) is 0 Å². The Kier molecular flexibility index (Phi) is 9.39. The SMILES string of the molecule is CNC(=O)[C@@H](Cc1ccccc1)N(Cc1ccc(Br)cc1)C(=O)CN(c1ccc(F)c(F)c1)S(C)(=O)=O. The highest BCUT2D eigenvalue weighted by molar-refractivity contribution is 9.10. The molecule has 0 aliphatic rings. The molecular formula is C26H26BrF2N3O4S. The predicted octanol–water partition coefficient (Wildman–Crippen LogP) is 3.88.